The van der Waals surface area contributed by atoms with Gasteiger partial charge in [0.2, 0.25) is 0 Å². The Labute approximate surface area is 68.9 Å². The van der Waals surface area contributed by atoms with Crippen molar-refractivity contribution in [1.82, 2.24) is 9.80 Å². The molecule has 0 aliphatic carbocycles. The van der Waals surface area contributed by atoms with Crippen LogP contribution in [0.3, 0.4) is 0 Å². The van der Waals surface area contributed by atoms with Crippen LogP contribution >= 0.6 is 0 Å². The average molecular weight is 158 g/mol. The van der Waals surface area contributed by atoms with Crippen LogP contribution in [0, 0.1) is 0 Å². The van der Waals surface area contributed by atoms with Crippen LogP contribution in [-0.2, 0) is 4.74 Å². The Kier molecular flexibility index (Phi) is 2.87. The Hall–Kier alpha value is -0.120. The van der Waals surface area contributed by atoms with E-state index < -0.39 is 0 Å². The predicted molar refractivity (Wildman–Crippen MR) is 45.5 cm³/mol. The van der Waals surface area contributed by atoms with E-state index in [2.05, 4.69) is 30.8 Å². The van der Waals surface area contributed by atoms with E-state index in [1.54, 1.807) is 7.11 Å². The molecular weight excluding hydrogens is 140 g/mol. The van der Waals surface area contributed by atoms with E-state index >= 15 is 0 Å². The van der Waals surface area contributed by atoms with E-state index in [0.717, 1.165) is 13.1 Å². The Morgan fingerprint density at radius 2 is 1.73 bits per heavy atom. The highest BCUT2D eigenvalue weighted by atomic mass is 16.5. The monoisotopic (exact) mass is 158 g/mol. The Morgan fingerprint density at radius 3 is 2.09 bits per heavy atom. The highest BCUT2D eigenvalue weighted by Crippen LogP contribution is 2.14. The summed E-state index contributed by atoms with van der Waals surface area (Å²) < 4.78 is 5.29. The minimum absolute atomic E-state index is 0.299. The fourth-order valence-corrected chi connectivity index (χ4v) is 1.75. The summed E-state index contributed by atoms with van der Waals surface area (Å²) in [5.41, 5.74) is 0. The van der Waals surface area contributed by atoms with Crippen molar-refractivity contribution in [3.05, 3.63) is 0 Å². The third-order valence-corrected chi connectivity index (χ3v) is 2.50. The van der Waals surface area contributed by atoms with Crippen LogP contribution < -0.4 is 0 Å². The van der Waals surface area contributed by atoms with Crippen LogP contribution in [0.1, 0.15) is 6.92 Å². The molecule has 11 heavy (non-hydrogen) atoms. The van der Waals surface area contributed by atoms with Crippen LogP contribution in [0.2, 0.25) is 0 Å². The molecule has 0 radical (unpaired) electrons. The van der Waals surface area contributed by atoms with Gasteiger partial charge < -0.3 is 4.74 Å². The van der Waals surface area contributed by atoms with Crippen molar-refractivity contribution in [3.8, 4) is 0 Å². The van der Waals surface area contributed by atoms with E-state index in [0.29, 0.717) is 12.3 Å². The molecule has 1 aliphatic heterocycles. The topological polar surface area (TPSA) is 15.7 Å². The second-order valence-corrected chi connectivity index (χ2v) is 3.32. The molecule has 0 saturated carbocycles. The van der Waals surface area contributed by atoms with Gasteiger partial charge in [0.25, 0.3) is 0 Å². The minimum atomic E-state index is 0.299. The average Bonchev–Trinajstić information content (AvgIpc) is 2.30. The van der Waals surface area contributed by atoms with Gasteiger partial charge in [-0.25, -0.2) is 0 Å². The van der Waals surface area contributed by atoms with Crippen LogP contribution in [0.5, 0.6) is 0 Å². The third-order valence-electron chi connectivity index (χ3n) is 2.50. The van der Waals surface area contributed by atoms with Gasteiger partial charge in [0.15, 0.2) is 0 Å². The lowest BCUT2D eigenvalue weighted by Gasteiger charge is -2.29. The molecule has 0 spiro atoms. The first kappa shape index (κ1) is 8.97. The molecule has 1 atom stereocenters. The summed E-state index contributed by atoms with van der Waals surface area (Å²) >= 11 is 0. The smallest absolute Gasteiger partial charge is 0.0885 e. The highest BCUT2D eigenvalue weighted by Gasteiger charge is 2.30. The fraction of sp³-hybridized carbons (Fsp3) is 1.00. The number of hydrogen-bond donors (Lipinski definition) is 0. The van der Waals surface area contributed by atoms with E-state index in [1.165, 1.54) is 0 Å². The largest absolute Gasteiger partial charge is 0.379 e. The molecule has 3 nitrogen and oxygen atoms in total. The van der Waals surface area contributed by atoms with Crippen LogP contribution in [0.15, 0.2) is 0 Å². The van der Waals surface area contributed by atoms with E-state index in [4.69, 9.17) is 4.74 Å². The lowest BCUT2D eigenvalue weighted by atomic mass is 10.3. The molecule has 0 amide bonds. The Morgan fingerprint density at radius 1 is 1.27 bits per heavy atom. The molecule has 1 rings (SSSR count). The van der Waals surface area contributed by atoms with Crippen molar-refractivity contribution < 1.29 is 4.74 Å². The van der Waals surface area contributed by atoms with Crippen molar-refractivity contribution in [1.29, 1.82) is 0 Å². The summed E-state index contributed by atoms with van der Waals surface area (Å²) in [7, 11) is 6.05. The van der Waals surface area contributed by atoms with E-state index in [-0.39, 0.29) is 0 Å². The lowest BCUT2D eigenvalue weighted by molar-refractivity contribution is 0.00416. The van der Waals surface area contributed by atoms with Crippen LogP contribution in [0.4, 0.5) is 0 Å². The first-order chi connectivity index (χ1) is 5.16. The summed E-state index contributed by atoms with van der Waals surface area (Å²) in [6.07, 6.45) is 0.757. The van der Waals surface area contributed by atoms with E-state index in [9.17, 15) is 0 Å². The summed E-state index contributed by atoms with van der Waals surface area (Å²) in [5, 5.41) is 0. The summed E-state index contributed by atoms with van der Waals surface area (Å²) in [6.45, 7) is 4.41. The quantitative estimate of drug-likeness (QED) is 0.572. The normalized spacial score (nSPS) is 26.2. The van der Waals surface area contributed by atoms with Gasteiger partial charge in [-0.3, -0.25) is 9.80 Å². The Bertz CT molecular complexity index is 119. The molecular formula is C8H18N2O. The van der Waals surface area contributed by atoms with Gasteiger partial charge in [0.05, 0.1) is 12.3 Å². The van der Waals surface area contributed by atoms with Gasteiger partial charge in [-0.2, -0.15) is 0 Å². The summed E-state index contributed by atoms with van der Waals surface area (Å²) in [4.78, 5) is 4.66. The molecule has 1 unspecified atom stereocenters. The van der Waals surface area contributed by atoms with Crippen LogP contribution in [-0.4, -0.2) is 56.4 Å². The molecule has 0 N–H and O–H groups in total. The molecule has 0 aromatic rings. The van der Waals surface area contributed by atoms with Gasteiger partial charge >= 0.3 is 0 Å². The first-order valence-corrected chi connectivity index (χ1v) is 4.10. The molecule has 3 heteroatoms. The first-order valence-electron chi connectivity index (χ1n) is 4.10. The number of rotatable bonds is 2. The van der Waals surface area contributed by atoms with Gasteiger partial charge in [-0.05, 0) is 21.0 Å². The number of likely N-dealkylation sites (N-methyl/N-ethyl adjacent to an activating group) is 2. The maximum atomic E-state index is 5.29. The second-order valence-electron chi connectivity index (χ2n) is 3.32. The fourth-order valence-electron chi connectivity index (χ4n) is 1.75. The molecule has 0 aromatic carbocycles. The van der Waals surface area contributed by atoms with E-state index in [1.807, 2.05) is 0 Å². The van der Waals surface area contributed by atoms with Crippen molar-refractivity contribution in [2.75, 3.05) is 34.3 Å². The number of nitrogens with zero attached hydrogens (tertiary/aromatic N) is 2. The molecule has 1 aliphatic rings. The number of hydrogen-bond acceptors (Lipinski definition) is 3. The van der Waals surface area contributed by atoms with Gasteiger partial charge in [0, 0.05) is 20.2 Å². The van der Waals surface area contributed by atoms with Crippen molar-refractivity contribution >= 4 is 0 Å². The zero-order valence-corrected chi connectivity index (χ0v) is 7.87. The molecule has 1 saturated heterocycles. The van der Waals surface area contributed by atoms with Crippen molar-refractivity contribution in [2.45, 2.75) is 19.2 Å². The third kappa shape index (κ3) is 1.72. The van der Waals surface area contributed by atoms with Gasteiger partial charge in [-0.1, -0.05) is 0 Å². The van der Waals surface area contributed by atoms with Crippen LogP contribution in [0.25, 0.3) is 0 Å². The molecule has 0 bridgehead atoms. The summed E-state index contributed by atoms with van der Waals surface area (Å²) in [5.74, 6) is 0. The zero-order chi connectivity index (χ0) is 8.43. The highest BCUT2D eigenvalue weighted by molar-refractivity contribution is 4.81. The van der Waals surface area contributed by atoms with Crippen molar-refractivity contribution in [3.63, 3.8) is 0 Å². The second kappa shape index (κ2) is 3.52. The SMILES string of the molecule is COC(C)C1N(C)CCN1C. The minimum Gasteiger partial charge on any atom is -0.379 e. The zero-order valence-electron chi connectivity index (χ0n) is 7.87. The van der Waals surface area contributed by atoms with Gasteiger partial charge in [0.1, 0.15) is 0 Å². The maximum Gasteiger partial charge on any atom is 0.0885 e. The predicted octanol–water partition coefficient (Wildman–Crippen LogP) is 0.225. The Balaban J connectivity index is 2.53. The molecule has 1 heterocycles. The van der Waals surface area contributed by atoms with Crippen molar-refractivity contribution in [2.24, 2.45) is 0 Å². The van der Waals surface area contributed by atoms with Gasteiger partial charge in [-0.15, -0.1) is 0 Å². The maximum absolute atomic E-state index is 5.29. The molecule has 66 valence electrons. The standard InChI is InChI=1S/C8H18N2O/c1-7(11-4)8-9(2)5-6-10(8)3/h7-8H,5-6H2,1-4H3. The number of ether oxygens (including phenoxy) is 1. The molecule has 0 aromatic heterocycles. The molecule has 1 fully saturated rings. The summed E-state index contributed by atoms with van der Waals surface area (Å²) in [6, 6.07) is 0. The lowest BCUT2D eigenvalue weighted by Crippen LogP contribution is -2.43. The number of methoxy groups -OCH3 is 1.